The van der Waals surface area contributed by atoms with Crippen molar-refractivity contribution in [2.45, 2.75) is 46.5 Å². The van der Waals surface area contributed by atoms with Gasteiger partial charge in [-0.2, -0.15) is 0 Å². The first-order valence-corrected chi connectivity index (χ1v) is 4.08. The molecule has 2 nitrogen and oxygen atoms in total. The Kier molecular flexibility index (Phi) is 5.16. The van der Waals surface area contributed by atoms with E-state index < -0.39 is 6.29 Å². The fourth-order valence-corrected chi connectivity index (χ4v) is 0.891. The van der Waals surface area contributed by atoms with Gasteiger partial charge in [0, 0.05) is 0 Å². The number of aliphatic hydroxyl groups is 1. The summed E-state index contributed by atoms with van der Waals surface area (Å²) < 4.78 is 5.15. The van der Waals surface area contributed by atoms with E-state index in [0.29, 0.717) is 0 Å². The predicted molar refractivity (Wildman–Crippen MR) is 46.3 cm³/mol. The molecule has 0 fully saturated rings. The molecule has 0 radical (unpaired) electrons. The molecule has 1 N–H and O–H groups in total. The molecule has 0 rings (SSSR count). The second kappa shape index (κ2) is 5.33. The number of hydrogen-bond donors (Lipinski definition) is 1. The molecule has 0 aliphatic heterocycles. The van der Waals surface area contributed by atoms with Gasteiger partial charge in [0.1, 0.15) is 0 Å². The van der Waals surface area contributed by atoms with E-state index in [1.807, 2.05) is 13.8 Å². The van der Waals surface area contributed by atoms with Gasteiger partial charge in [0.15, 0.2) is 6.29 Å². The van der Waals surface area contributed by atoms with Gasteiger partial charge in [-0.25, -0.2) is 0 Å². The number of hydrogen-bond acceptors (Lipinski definition) is 2. The van der Waals surface area contributed by atoms with Gasteiger partial charge in [-0.05, 0) is 32.8 Å². The van der Waals surface area contributed by atoms with E-state index >= 15 is 0 Å². The summed E-state index contributed by atoms with van der Waals surface area (Å²) in [6.07, 6.45) is 2.46. The molecule has 0 saturated carbocycles. The monoisotopic (exact) mass is 158 g/mol. The van der Waals surface area contributed by atoms with Crippen molar-refractivity contribution in [3.8, 4) is 0 Å². The normalized spacial score (nSPS) is 18.1. The molecule has 0 heterocycles. The molecule has 0 amide bonds. The number of aliphatic hydroxyl groups excluding tert-OH is 1. The van der Waals surface area contributed by atoms with Gasteiger partial charge in [-0.3, -0.25) is 0 Å². The lowest BCUT2D eigenvalue weighted by Crippen LogP contribution is -2.17. The Hall–Kier alpha value is -0.340. The van der Waals surface area contributed by atoms with Crippen LogP contribution in [-0.2, 0) is 4.74 Å². The maximum Gasteiger partial charge on any atom is 0.152 e. The molecule has 66 valence electrons. The summed E-state index contributed by atoms with van der Waals surface area (Å²) in [5, 5.41) is 8.89. The van der Waals surface area contributed by atoms with Gasteiger partial charge in [0.25, 0.3) is 0 Å². The average molecular weight is 158 g/mol. The minimum absolute atomic E-state index is 0.0231. The third-order valence-electron chi connectivity index (χ3n) is 1.57. The molecule has 0 bridgehead atoms. The highest BCUT2D eigenvalue weighted by atomic mass is 16.6. The van der Waals surface area contributed by atoms with Crippen LogP contribution in [0.5, 0.6) is 0 Å². The first kappa shape index (κ1) is 10.7. The maximum absolute atomic E-state index is 8.89. The van der Waals surface area contributed by atoms with E-state index in [4.69, 9.17) is 9.84 Å². The summed E-state index contributed by atoms with van der Waals surface area (Å²) in [6.45, 7) is 7.65. The molecule has 0 aliphatic carbocycles. The van der Waals surface area contributed by atoms with Crippen LogP contribution >= 0.6 is 0 Å². The van der Waals surface area contributed by atoms with Crippen LogP contribution in [0, 0.1) is 0 Å². The standard InChI is InChI=1S/C9H18O2/c1-5-6-7(2)8(3)11-9(4)10/h6,8-10H,5H2,1-4H3/b7-6+. The summed E-state index contributed by atoms with van der Waals surface area (Å²) in [4.78, 5) is 0. The quantitative estimate of drug-likeness (QED) is 0.501. The molecule has 0 spiro atoms. The Morgan fingerprint density at radius 3 is 2.45 bits per heavy atom. The first-order valence-electron chi connectivity index (χ1n) is 4.08. The number of allylic oxidation sites excluding steroid dienone is 1. The molecule has 0 aromatic rings. The minimum Gasteiger partial charge on any atom is -0.368 e. The lowest BCUT2D eigenvalue weighted by Gasteiger charge is -2.15. The summed E-state index contributed by atoms with van der Waals surface area (Å²) in [5.74, 6) is 0. The Bertz CT molecular complexity index is 128. The van der Waals surface area contributed by atoms with Crippen molar-refractivity contribution < 1.29 is 9.84 Å². The third-order valence-corrected chi connectivity index (χ3v) is 1.57. The second-order valence-electron chi connectivity index (χ2n) is 2.73. The molecule has 0 aromatic carbocycles. The third kappa shape index (κ3) is 4.99. The van der Waals surface area contributed by atoms with Gasteiger partial charge in [0.05, 0.1) is 6.10 Å². The summed E-state index contributed by atoms with van der Waals surface area (Å²) in [7, 11) is 0. The van der Waals surface area contributed by atoms with Gasteiger partial charge in [-0.1, -0.05) is 13.0 Å². The second-order valence-corrected chi connectivity index (χ2v) is 2.73. The van der Waals surface area contributed by atoms with Crippen LogP contribution in [0.4, 0.5) is 0 Å². The summed E-state index contributed by atoms with van der Waals surface area (Å²) >= 11 is 0. The topological polar surface area (TPSA) is 29.5 Å². The molecule has 0 aliphatic rings. The van der Waals surface area contributed by atoms with Crippen LogP contribution in [0.3, 0.4) is 0 Å². The Morgan fingerprint density at radius 1 is 1.55 bits per heavy atom. The summed E-state index contributed by atoms with van der Waals surface area (Å²) in [5.41, 5.74) is 1.17. The number of ether oxygens (including phenoxy) is 1. The molecule has 0 saturated heterocycles. The molecule has 2 heteroatoms. The van der Waals surface area contributed by atoms with Gasteiger partial charge in [0.2, 0.25) is 0 Å². The van der Waals surface area contributed by atoms with E-state index in [1.165, 1.54) is 5.57 Å². The molecule has 2 unspecified atom stereocenters. The number of rotatable bonds is 4. The van der Waals surface area contributed by atoms with E-state index in [1.54, 1.807) is 6.92 Å². The van der Waals surface area contributed by atoms with Gasteiger partial charge in [-0.15, -0.1) is 0 Å². The van der Waals surface area contributed by atoms with Crippen molar-refractivity contribution in [3.05, 3.63) is 11.6 Å². The Balaban J connectivity index is 3.82. The average Bonchev–Trinajstić information content (AvgIpc) is 1.86. The van der Waals surface area contributed by atoms with Crippen LogP contribution in [0.2, 0.25) is 0 Å². The highest BCUT2D eigenvalue weighted by Crippen LogP contribution is 2.07. The molecule has 11 heavy (non-hydrogen) atoms. The smallest absolute Gasteiger partial charge is 0.152 e. The van der Waals surface area contributed by atoms with Crippen LogP contribution in [0.1, 0.15) is 34.1 Å². The van der Waals surface area contributed by atoms with Crippen molar-refractivity contribution in [1.29, 1.82) is 0 Å². The van der Waals surface area contributed by atoms with Gasteiger partial charge >= 0.3 is 0 Å². The molecule has 2 atom stereocenters. The fourth-order valence-electron chi connectivity index (χ4n) is 0.891. The highest BCUT2D eigenvalue weighted by Gasteiger charge is 2.06. The van der Waals surface area contributed by atoms with Gasteiger partial charge < -0.3 is 9.84 Å². The predicted octanol–water partition coefficient (Wildman–Crippen LogP) is 2.09. The maximum atomic E-state index is 8.89. The SMILES string of the molecule is CC/C=C(\C)C(C)OC(C)O. The first-order chi connectivity index (χ1) is 5.07. The highest BCUT2D eigenvalue weighted by molar-refractivity contribution is 5.02. The lowest BCUT2D eigenvalue weighted by atomic mass is 10.1. The largest absolute Gasteiger partial charge is 0.368 e. The van der Waals surface area contributed by atoms with E-state index in [0.717, 1.165) is 6.42 Å². The van der Waals surface area contributed by atoms with Crippen molar-refractivity contribution >= 4 is 0 Å². The van der Waals surface area contributed by atoms with Crippen LogP contribution in [0.25, 0.3) is 0 Å². The molecular weight excluding hydrogens is 140 g/mol. The van der Waals surface area contributed by atoms with Crippen LogP contribution in [-0.4, -0.2) is 17.5 Å². The minimum atomic E-state index is -0.676. The van der Waals surface area contributed by atoms with E-state index in [-0.39, 0.29) is 6.10 Å². The van der Waals surface area contributed by atoms with Crippen molar-refractivity contribution in [2.75, 3.05) is 0 Å². The zero-order chi connectivity index (χ0) is 8.85. The zero-order valence-electron chi connectivity index (χ0n) is 7.79. The molecule has 0 aromatic heterocycles. The lowest BCUT2D eigenvalue weighted by molar-refractivity contribution is -0.107. The Labute approximate surface area is 68.9 Å². The van der Waals surface area contributed by atoms with Crippen molar-refractivity contribution in [1.82, 2.24) is 0 Å². The van der Waals surface area contributed by atoms with Crippen molar-refractivity contribution in [3.63, 3.8) is 0 Å². The van der Waals surface area contributed by atoms with Crippen LogP contribution in [0.15, 0.2) is 11.6 Å². The van der Waals surface area contributed by atoms with Crippen LogP contribution < -0.4 is 0 Å². The van der Waals surface area contributed by atoms with Crippen molar-refractivity contribution in [2.24, 2.45) is 0 Å². The van der Waals surface area contributed by atoms with E-state index in [2.05, 4.69) is 13.0 Å². The Morgan fingerprint density at radius 2 is 2.09 bits per heavy atom. The molecular formula is C9H18O2. The van der Waals surface area contributed by atoms with E-state index in [9.17, 15) is 0 Å². The zero-order valence-corrected chi connectivity index (χ0v) is 7.79. The fraction of sp³-hybridized carbons (Fsp3) is 0.778. The summed E-state index contributed by atoms with van der Waals surface area (Å²) in [6, 6.07) is 0.